The summed E-state index contributed by atoms with van der Waals surface area (Å²) in [7, 11) is 1.53. The number of aromatic hydroxyl groups is 1. The van der Waals surface area contributed by atoms with E-state index in [2.05, 4.69) is 10.3 Å². The Kier molecular flexibility index (Phi) is 6.10. The van der Waals surface area contributed by atoms with Crippen molar-refractivity contribution in [3.05, 3.63) is 58.9 Å². The molecule has 0 saturated heterocycles. The molecule has 0 unspecified atom stereocenters. The number of hydrogen-bond donors (Lipinski definition) is 2. The van der Waals surface area contributed by atoms with Crippen molar-refractivity contribution in [2.24, 2.45) is 0 Å². The number of carbonyl (C=O) groups excluding carboxylic acids is 1. The Morgan fingerprint density at radius 3 is 2.85 bits per heavy atom. The van der Waals surface area contributed by atoms with Crippen LogP contribution >= 0.6 is 11.8 Å². The van der Waals surface area contributed by atoms with Gasteiger partial charge in [0, 0.05) is 18.2 Å². The molecule has 8 heteroatoms. The van der Waals surface area contributed by atoms with Gasteiger partial charge in [0.15, 0.2) is 5.16 Å². The molecule has 0 saturated carbocycles. The number of rotatable bonds is 7. The van der Waals surface area contributed by atoms with Gasteiger partial charge in [-0.25, -0.2) is 0 Å². The number of fused-ring (bicyclic) bond motifs is 1. The van der Waals surface area contributed by atoms with Gasteiger partial charge in [0.2, 0.25) is 11.8 Å². The van der Waals surface area contributed by atoms with E-state index in [0.717, 1.165) is 34.3 Å². The average Bonchev–Trinajstić information content (AvgIpc) is 2.66. The van der Waals surface area contributed by atoms with E-state index in [1.54, 1.807) is 0 Å². The molecule has 2 N–H and O–H groups in total. The second-order valence-electron chi connectivity index (χ2n) is 5.74. The maximum Gasteiger partial charge on any atom is 0.258 e. The first kappa shape index (κ1) is 18.9. The monoisotopic (exact) mass is 385 g/mol. The fourth-order valence-electron chi connectivity index (χ4n) is 2.62. The largest absolute Gasteiger partial charge is 0.493 e. The molecule has 1 heterocycles. The first-order valence-electron chi connectivity index (χ1n) is 8.28. The number of methoxy groups -OCH3 is 1. The zero-order valence-corrected chi connectivity index (χ0v) is 15.5. The second kappa shape index (κ2) is 8.70. The van der Waals surface area contributed by atoms with Crippen molar-refractivity contribution in [2.45, 2.75) is 11.7 Å². The maximum atomic E-state index is 12.4. The molecular weight excluding hydrogens is 366 g/mol. The zero-order chi connectivity index (χ0) is 19.2. The highest BCUT2D eigenvalue weighted by atomic mass is 32.2. The molecule has 0 bridgehead atoms. The molecule has 140 valence electrons. The van der Waals surface area contributed by atoms with E-state index in [1.165, 1.54) is 11.7 Å². The third kappa shape index (κ3) is 4.66. The molecule has 0 atom stereocenters. The summed E-state index contributed by atoms with van der Waals surface area (Å²) in [5, 5.41) is 14.7. The van der Waals surface area contributed by atoms with E-state index >= 15 is 0 Å². The van der Waals surface area contributed by atoms with Crippen LogP contribution in [0.2, 0.25) is 0 Å². The smallest absolute Gasteiger partial charge is 0.258 e. The SMILES string of the molecule is COCCn1c(SCC(=O)Nc2cccc3ccccc23)nc(O)cc1=O. The number of carbonyl (C=O) groups is 1. The van der Waals surface area contributed by atoms with Crippen LogP contribution in [0, 0.1) is 0 Å². The Labute approximate surface area is 160 Å². The van der Waals surface area contributed by atoms with Gasteiger partial charge in [0.05, 0.1) is 25.0 Å². The molecule has 27 heavy (non-hydrogen) atoms. The van der Waals surface area contributed by atoms with E-state index in [0.29, 0.717) is 6.61 Å². The quantitative estimate of drug-likeness (QED) is 0.479. The first-order valence-corrected chi connectivity index (χ1v) is 9.27. The lowest BCUT2D eigenvalue weighted by atomic mass is 10.1. The van der Waals surface area contributed by atoms with Crippen molar-refractivity contribution in [3.63, 3.8) is 0 Å². The van der Waals surface area contributed by atoms with Gasteiger partial charge in [0.25, 0.3) is 5.56 Å². The Morgan fingerprint density at radius 1 is 1.26 bits per heavy atom. The van der Waals surface area contributed by atoms with Crippen LogP contribution in [0.4, 0.5) is 5.69 Å². The Morgan fingerprint density at radius 2 is 2.04 bits per heavy atom. The predicted molar refractivity (Wildman–Crippen MR) is 105 cm³/mol. The van der Waals surface area contributed by atoms with E-state index in [1.807, 2.05) is 42.5 Å². The van der Waals surface area contributed by atoms with Gasteiger partial charge in [-0.1, -0.05) is 48.2 Å². The summed E-state index contributed by atoms with van der Waals surface area (Å²) >= 11 is 1.08. The van der Waals surface area contributed by atoms with E-state index < -0.39 is 5.56 Å². The van der Waals surface area contributed by atoms with Crippen LogP contribution in [0.5, 0.6) is 5.88 Å². The highest BCUT2D eigenvalue weighted by Gasteiger charge is 2.12. The Balaban J connectivity index is 1.73. The van der Waals surface area contributed by atoms with E-state index in [9.17, 15) is 14.7 Å². The van der Waals surface area contributed by atoms with Crippen LogP contribution in [-0.4, -0.2) is 40.0 Å². The van der Waals surface area contributed by atoms with Crippen LogP contribution in [0.25, 0.3) is 10.8 Å². The number of hydrogen-bond acceptors (Lipinski definition) is 6. The summed E-state index contributed by atoms with van der Waals surface area (Å²) in [6.07, 6.45) is 0. The summed E-state index contributed by atoms with van der Waals surface area (Å²) in [5.74, 6) is -0.551. The van der Waals surface area contributed by atoms with Gasteiger partial charge in [-0.3, -0.25) is 14.2 Å². The van der Waals surface area contributed by atoms with E-state index in [-0.39, 0.29) is 29.2 Å². The normalized spacial score (nSPS) is 10.9. The number of nitrogens with zero attached hydrogens (tertiary/aromatic N) is 2. The topological polar surface area (TPSA) is 93.4 Å². The lowest BCUT2D eigenvalue weighted by Gasteiger charge is -2.12. The van der Waals surface area contributed by atoms with Gasteiger partial charge in [0.1, 0.15) is 0 Å². The molecule has 1 aromatic heterocycles. The summed E-state index contributed by atoms with van der Waals surface area (Å²) < 4.78 is 6.37. The molecule has 7 nitrogen and oxygen atoms in total. The minimum absolute atomic E-state index is 0.0477. The van der Waals surface area contributed by atoms with Crippen LogP contribution in [0.3, 0.4) is 0 Å². The van der Waals surface area contributed by atoms with Crippen LogP contribution in [0.15, 0.2) is 58.5 Å². The van der Waals surface area contributed by atoms with E-state index in [4.69, 9.17) is 4.74 Å². The fraction of sp³-hybridized carbons (Fsp3) is 0.211. The predicted octanol–water partition coefficient (Wildman–Crippen LogP) is 2.48. The molecule has 0 aliphatic rings. The molecule has 0 spiro atoms. The minimum Gasteiger partial charge on any atom is -0.493 e. The van der Waals surface area contributed by atoms with Crippen LogP contribution < -0.4 is 10.9 Å². The molecule has 3 rings (SSSR count). The van der Waals surface area contributed by atoms with Gasteiger partial charge >= 0.3 is 0 Å². The molecular formula is C19H19N3O4S. The van der Waals surface area contributed by atoms with Crippen molar-refractivity contribution in [3.8, 4) is 5.88 Å². The number of amides is 1. The summed E-state index contributed by atoms with van der Waals surface area (Å²) in [4.78, 5) is 28.4. The number of aromatic nitrogens is 2. The number of nitrogens with one attached hydrogen (secondary N) is 1. The highest BCUT2D eigenvalue weighted by molar-refractivity contribution is 7.99. The molecule has 0 aliphatic heterocycles. The first-order chi connectivity index (χ1) is 13.1. The van der Waals surface area contributed by atoms with Gasteiger partial charge in [-0.2, -0.15) is 4.98 Å². The van der Waals surface area contributed by atoms with Crippen LogP contribution in [0.1, 0.15) is 0 Å². The maximum absolute atomic E-state index is 12.4. The standard InChI is InChI=1S/C19H19N3O4S/c1-26-10-9-22-18(25)11-16(23)21-19(22)27-12-17(24)20-15-8-4-6-13-5-2-3-7-14(13)15/h2-8,11,23H,9-10,12H2,1H3,(H,20,24). The molecule has 0 fully saturated rings. The van der Waals surface area contributed by atoms with Crippen molar-refractivity contribution < 1.29 is 14.6 Å². The number of anilines is 1. The third-order valence-electron chi connectivity index (χ3n) is 3.87. The summed E-state index contributed by atoms with van der Waals surface area (Å²) in [5.41, 5.74) is 0.329. The lowest BCUT2D eigenvalue weighted by Crippen LogP contribution is -2.24. The Bertz CT molecular complexity index is 1010. The number of ether oxygens (including phenoxy) is 1. The highest BCUT2D eigenvalue weighted by Crippen LogP contribution is 2.23. The van der Waals surface area contributed by atoms with Gasteiger partial charge in [-0.15, -0.1) is 0 Å². The summed E-state index contributed by atoms with van der Waals surface area (Å²) in [6, 6.07) is 14.5. The van der Waals surface area contributed by atoms with Crippen molar-refractivity contribution >= 4 is 34.1 Å². The second-order valence-corrected chi connectivity index (χ2v) is 6.69. The third-order valence-corrected chi connectivity index (χ3v) is 4.85. The van der Waals surface area contributed by atoms with Crippen LogP contribution in [-0.2, 0) is 16.1 Å². The Hall–Kier alpha value is -2.84. The molecule has 0 radical (unpaired) electrons. The van der Waals surface area contributed by atoms with Gasteiger partial charge < -0.3 is 15.2 Å². The van der Waals surface area contributed by atoms with Gasteiger partial charge in [-0.05, 0) is 11.5 Å². The number of benzene rings is 2. The molecule has 1 amide bonds. The molecule has 0 aliphatic carbocycles. The lowest BCUT2D eigenvalue weighted by molar-refractivity contribution is -0.113. The zero-order valence-electron chi connectivity index (χ0n) is 14.7. The van der Waals surface area contributed by atoms with Crippen molar-refractivity contribution in [1.82, 2.24) is 9.55 Å². The fourth-order valence-corrected chi connectivity index (χ4v) is 3.45. The minimum atomic E-state index is -0.392. The molecule has 2 aromatic carbocycles. The van der Waals surface area contributed by atoms with Crippen molar-refractivity contribution in [2.75, 3.05) is 24.8 Å². The number of thioether (sulfide) groups is 1. The summed E-state index contributed by atoms with van der Waals surface area (Å²) in [6.45, 7) is 0.609. The van der Waals surface area contributed by atoms with Crippen molar-refractivity contribution in [1.29, 1.82) is 0 Å². The molecule has 3 aromatic rings. The average molecular weight is 385 g/mol.